The van der Waals surface area contributed by atoms with Crippen molar-refractivity contribution in [3.05, 3.63) is 70.5 Å². The van der Waals surface area contributed by atoms with Crippen molar-refractivity contribution in [2.45, 2.75) is 30.5 Å². The highest BCUT2D eigenvalue weighted by Gasteiger charge is 2.12. The molecule has 0 radical (unpaired) electrons. The van der Waals surface area contributed by atoms with Crippen LogP contribution in [0.3, 0.4) is 0 Å². The molecule has 1 unspecified atom stereocenters. The number of rotatable bonds is 6. The van der Waals surface area contributed by atoms with E-state index in [-0.39, 0.29) is 10.6 Å². The summed E-state index contributed by atoms with van der Waals surface area (Å²) in [4.78, 5) is 0.251. The third-order valence-corrected chi connectivity index (χ3v) is 4.45. The molecule has 0 amide bonds. The van der Waals surface area contributed by atoms with E-state index in [2.05, 4.69) is 40.2 Å². The molecule has 0 saturated heterocycles. The molecule has 20 heavy (non-hydrogen) atoms. The molecule has 2 rings (SSSR count). The van der Waals surface area contributed by atoms with Gasteiger partial charge in [0.25, 0.3) is 0 Å². The van der Waals surface area contributed by atoms with Crippen LogP contribution >= 0.6 is 27.5 Å². The third kappa shape index (κ3) is 4.60. The Morgan fingerprint density at radius 3 is 2.50 bits per heavy atom. The van der Waals surface area contributed by atoms with Gasteiger partial charge in [-0.05, 0) is 43.4 Å². The van der Waals surface area contributed by atoms with Gasteiger partial charge in [0.05, 0.1) is 0 Å². The Kier molecular flexibility index (Phi) is 6.06. The molecular weight excluding hydrogens is 339 g/mol. The summed E-state index contributed by atoms with van der Waals surface area (Å²) >= 11 is 9.67. The van der Waals surface area contributed by atoms with Crippen LogP contribution in [0.5, 0.6) is 0 Å². The highest BCUT2D eigenvalue weighted by molar-refractivity contribution is 9.09. The number of benzene rings is 2. The van der Waals surface area contributed by atoms with Gasteiger partial charge in [-0.25, -0.2) is 4.39 Å². The summed E-state index contributed by atoms with van der Waals surface area (Å²) in [6, 6.07) is 15.2. The van der Waals surface area contributed by atoms with Gasteiger partial charge in [-0.15, -0.1) is 0 Å². The zero-order chi connectivity index (χ0) is 14.4. The lowest BCUT2D eigenvalue weighted by molar-refractivity contribution is 0.600. The van der Waals surface area contributed by atoms with Crippen LogP contribution in [0.2, 0.25) is 5.02 Å². The van der Waals surface area contributed by atoms with Crippen LogP contribution in [0.15, 0.2) is 48.5 Å². The first-order chi connectivity index (χ1) is 9.66. The van der Waals surface area contributed by atoms with Gasteiger partial charge in [-0.1, -0.05) is 63.9 Å². The molecular formula is C17H17BrClF. The Balaban J connectivity index is 1.82. The summed E-state index contributed by atoms with van der Waals surface area (Å²) in [5.41, 5.74) is 1.95. The number of halogens is 3. The van der Waals surface area contributed by atoms with Crippen molar-refractivity contribution < 1.29 is 4.39 Å². The minimum absolute atomic E-state index is 0.218. The van der Waals surface area contributed by atoms with Crippen molar-refractivity contribution in [1.29, 1.82) is 0 Å². The summed E-state index contributed by atoms with van der Waals surface area (Å²) in [5, 5.41) is 0.512. The zero-order valence-corrected chi connectivity index (χ0v) is 13.5. The number of hydrogen-bond donors (Lipinski definition) is 0. The maximum absolute atomic E-state index is 13.7. The molecule has 0 fully saturated rings. The highest BCUT2D eigenvalue weighted by Crippen LogP contribution is 2.24. The van der Waals surface area contributed by atoms with Crippen molar-refractivity contribution in [2.24, 2.45) is 0 Å². The van der Waals surface area contributed by atoms with Gasteiger partial charge in [0, 0.05) is 15.4 Å². The van der Waals surface area contributed by atoms with Gasteiger partial charge in [0.15, 0.2) is 0 Å². The Morgan fingerprint density at radius 2 is 1.80 bits per heavy atom. The SMILES string of the molecule is Fc1cccc(Cl)c1CC(Br)CCCc1ccccc1. The molecule has 106 valence electrons. The molecule has 0 N–H and O–H groups in total. The average Bonchev–Trinajstić information content (AvgIpc) is 2.44. The van der Waals surface area contributed by atoms with Gasteiger partial charge in [-0.3, -0.25) is 0 Å². The molecule has 0 bridgehead atoms. The summed E-state index contributed by atoms with van der Waals surface area (Å²) < 4.78 is 13.7. The summed E-state index contributed by atoms with van der Waals surface area (Å²) in [6.07, 6.45) is 3.75. The molecule has 3 heteroatoms. The fraction of sp³-hybridized carbons (Fsp3) is 0.294. The number of hydrogen-bond acceptors (Lipinski definition) is 0. The second kappa shape index (κ2) is 7.80. The summed E-state index contributed by atoms with van der Waals surface area (Å²) in [6.45, 7) is 0. The molecule has 2 aromatic carbocycles. The third-order valence-electron chi connectivity index (χ3n) is 3.31. The van der Waals surface area contributed by atoms with Crippen LogP contribution in [0.4, 0.5) is 4.39 Å². The Labute approximate surface area is 133 Å². The smallest absolute Gasteiger partial charge is 0.127 e. The van der Waals surface area contributed by atoms with Crippen LogP contribution in [0, 0.1) is 5.82 Å². The van der Waals surface area contributed by atoms with E-state index in [0.29, 0.717) is 17.0 Å². The average molecular weight is 356 g/mol. The van der Waals surface area contributed by atoms with Crippen LogP contribution in [-0.2, 0) is 12.8 Å². The molecule has 1 atom stereocenters. The molecule has 0 aliphatic carbocycles. The molecule has 0 heterocycles. The highest BCUT2D eigenvalue weighted by atomic mass is 79.9. The van der Waals surface area contributed by atoms with E-state index in [1.54, 1.807) is 12.1 Å². The van der Waals surface area contributed by atoms with Crippen LogP contribution in [0.1, 0.15) is 24.0 Å². The predicted molar refractivity (Wildman–Crippen MR) is 87.2 cm³/mol. The number of aryl methyl sites for hydroxylation is 1. The molecule has 2 aromatic rings. The zero-order valence-electron chi connectivity index (χ0n) is 11.2. The van der Waals surface area contributed by atoms with E-state index in [1.807, 2.05) is 6.07 Å². The van der Waals surface area contributed by atoms with Crippen LogP contribution in [-0.4, -0.2) is 4.83 Å². The molecule has 0 aliphatic heterocycles. The maximum Gasteiger partial charge on any atom is 0.127 e. The molecule has 0 spiro atoms. The first-order valence-electron chi connectivity index (χ1n) is 6.77. The Hall–Kier alpha value is -0.860. The lowest BCUT2D eigenvalue weighted by Crippen LogP contribution is -2.06. The lowest BCUT2D eigenvalue weighted by Gasteiger charge is -2.12. The van der Waals surface area contributed by atoms with Crippen molar-refractivity contribution >= 4 is 27.5 Å². The fourth-order valence-corrected chi connectivity index (χ4v) is 3.11. The fourth-order valence-electron chi connectivity index (χ4n) is 2.22. The van der Waals surface area contributed by atoms with Gasteiger partial charge in [0.2, 0.25) is 0 Å². The first kappa shape index (κ1) is 15.5. The first-order valence-corrected chi connectivity index (χ1v) is 8.07. The van der Waals surface area contributed by atoms with Crippen molar-refractivity contribution in [3.63, 3.8) is 0 Å². The van der Waals surface area contributed by atoms with E-state index in [4.69, 9.17) is 11.6 Å². The van der Waals surface area contributed by atoms with Crippen LogP contribution < -0.4 is 0 Å². The van der Waals surface area contributed by atoms with E-state index < -0.39 is 0 Å². The minimum Gasteiger partial charge on any atom is -0.207 e. The minimum atomic E-state index is -0.218. The second-order valence-electron chi connectivity index (χ2n) is 4.88. The maximum atomic E-state index is 13.7. The summed E-state index contributed by atoms with van der Waals surface area (Å²) in [5.74, 6) is -0.218. The summed E-state index contributed by atoms with van der Waals surface area (Å²) in [7, 11) is 0. The van der Waals surface area contributed by atoms with Crippen LogP contribution in [0.25, 0.3) is 0 Å². The Bertz CT molecular complexity index is 522. The topological polar surface area (TPSA) is 0 Å². The monoisotopic (exact) mass is 354 g/mol. The number of alkyl halides is 1. The molecule has 0 saturated carbocycles. The quantitative estimate of drug-likeness (QED) is 0.574. The lowest BCUT2D eigenvalue weighted by atomic mass is 10.0. The molecule has 0 aromatic heterocycles. The van der Waals surface area contributed by atoms with E-state index >= 15 is 0 Å². The normalized spacial score (nSPS) is 12.3. The van der Waals surface area contributed by atoms with Gasteiger partial charge in [-0.2, -0.15) is 0 Å². The van der Waals surface area contributed by atoms with E-state index in [0.717, 1.165) is 19.3 Å². The Morgan fingerprint density at radius 1 is 1.05 bits per heavy atom. The van der Waals surface area contributed by atoms with Gasteiger partial charge < -0.3 is 0 Å². The van der Waals surface area contributed by atoms with Gasteiger partial charge >= 0.3 is 0 Å². The van der Waals surface area contributed by atoms with Crippen molar-refractivity contribution in [3.8, 4) is 0 Å². The van der Waals surface area contributed by atoms with Crippen molar-refractivity contribution in [1.82, 2.24) is 0 Å². The standard InChI is InChI=1S/C17H17BrClF/c18-14(9-4-8-13-6-2-1-3-7-13)12-15-16(19)10-5-11-17(15)20/h1-3,5-7,10-11,14H,4,8-9,12H2. The largest absolute Gasteiger partial charge is 0.207 e. The predicted octanol–water partition coefficient (Wildman–Crippen LogP) is 5.81. The molecule has 0 nitrogen and oxygen atoms in total. The molecule has 0 aliphatic rings. The second-order valence-corrected chi connectivity index (χ2v) is 6.58. The van der Waals surface area contributed by atoms with E-state index in [1.165, 1.54) is 11.6 Å². The van der Waals surface area contributed by atoms with Gasteiger partial charge in [0.1, 0.15) is 5.82 Å². The van der Waals surface area contributed by atoms with Crippen molar-refractivity contribution in [2.75, 3.05) is 0 Å². The van der Waals surface area contributed by atoms with E-state index in [9.17, 15) is 4.39 Å².